The number of pyridine rings is 1. The fraction of sp³-hybridized carbons (Fsp3) is 0.333. The minimum absolute atomic E-state index is 0.0588. The number of ether oxygens (including phenoxy) is 1. The molecule has 1 N–H and O–H groups in total. The van der Waals surface area contributed by atoms with E-state index in [-0.39, 0.29) is 18.4 Å². The normalized spacial score (nSPS) is 17.8. The molecule has 0 bridgehead atoms. The molecule has 0 radical (unpaired) electrons. The van der Waals surface area contributed by atoms with Crippen LogP contribution < -0.4 is 4.74 Å². The van der Waals surface area contributed by atoms with Crippen LogP contribution in [0.25, 0.3) is 0 Å². The average molecular weight is 381 g/mol. The molecule has 1 fully saturated rings. The molecule has 132 valence electrons. The molecule has 0 aliphatic carbocycles. The highest BCUT2D eigenvalue weighted by molar-refractivity contribution is 6.42. The van der Waals surface area contributed by atoms with Crippen molar-refractivity contribution in [3.05, 3.63) is 57.8 Å². The van der Waals surface area contributed by atoms with Gasteiger partial charge in [-0.3, -0.25) is 9.78 Å². The van der Waals surface area contributed by atoms with Gasteiger partial charge in [0.05, 0.1) is 29.6 Å². The standard InChI is InChI=1S/C18H18Cl2N2O3/c1-25-16-4-6-21-10-12(16)18(24)15-5-7-22(15)17(23)9-11-2-3-13(19)14(20)8-11/h2-4,6,8,10,15,18,24H,5,7,9H2,1H3. The third-order valence-corrected chi connectivity index (χ3v) is 5.18. The van der Waals surface area contributed by atoms with Crippen LogP contribution in [0.2, 0.25) is 10.0 Å². The summed E-state index contributed by atoms with van der Waals surface area (Å²) in [5, 5.41) is 11.5. The van der Waals surface area contributed by atoms with Gasteiger partial charge >= 0.3 is 0 Å². The molecule has 1 saturated heterocycles. The number of aliphatic hydroxyl groups is 1. The Kier molecular flexibility index (Phi) is 5.47. The maximum atomic E-state index is 12.6. The van der Waals surface area contributed by atoms with Crippen molar-refractivity contribution in [2.24, 2.45) is 0 Å². The Bertz CT molecular complexity index is 785. The Balaban J connectivity index is 1.71. The number of likely N-dealkylation sites (tertiary alicyclic amines) is 1. The Morgan fingerprint density at radius 2 is 2.20 bits per heavy atom. The number of carbonyl (C=O) groups excluding carboxylic acids is 1. The van der Waals surface area contributed by atoms with Gasteiger partial charge in [0.1, 0.15) is 11.9 Å². The Hall–Kier alpha value is -1.82. The smallest absolute Gasteiger partial charge is 0.227 e. The van der Waals surface area contributed by atoms with Gasteiger partial charge < -0.3 is 14.7 Å². The molecule has 5 nitrogen and oxygen atoms in total. The molecule has 25 heavy (non-hydrogen) atoms. The number of amides is 1. The van der Waals surface area contributed by atoms with Crippen molar-refractivity contribution in [1.29, 1.82) is 0 Å². The molecule has 1 aromatic heterocycles. The van der Waals surface area contributed by atoms with Crippen LogP contribution in [0.5, 0.6) is 5.75 Å². The zero-order chi connectivity index (χ0) is 18.0. The number of aliphatic hydroxyl groups excluding tert-OH is 1. The molecule has 0 saturated carbocycles. The van der Waals surface area contributed by atoms with E-state index in [4.69, 9.17) is 27.9 Å². The fourth-order valence-electron chi connectivity index (χ4n) is 2.98. The van der Waals surface area contributed by atoms with E-state index in [1.165, 1.54) is 0 Å². The summed E-state index contributed by atoms with van der Waals surface area (Å²) in [5.41, 5.74) is 1.38. The topological polar surface area (TPSA) is 62.7 Å². The van der Waals surface area contributed by atoms with Gasteiger partial charge in [0.2, 0.25) is 5.91 Å². The van der Waals surface area contributed by atoms with Crippen LogP contribution in [0.4, 0.5) is 0 Å². The van der Waals surface area contributed by atoms with E-state index >= 15 is 0 Å². The molecule has 1 amide bonds. The van der Waals surface area contributed by atoms with E-state index in [0.717, 1.165) is 12.0 Å². The molecular weight excluding hydrogens is 363 g/mol. The lowest BCUT2D eigenvalue weighted by molar-refractivity contribution is -0.143. The molecule has 2 unspecified atom stereocenters. The number of rotatable bonds is 5. The van der Waals surface area contributed by atoms with Gasteiger partial charge in [0.25, 0.3) is 0 Å². The molecule has 1 aromatic carbocycles. The van der Waals surface area contributed by atoms with Gasteiger partial charge in [0, 0.05) is 24.5 Å². The summed E-state index contributed by atoms with van der Waals surface area (Å²) in [4.78, 5) is 18.3. The number of carbonyl (C=O) groups is 1. The summed E-state index contributed by atoms with van der Waals surface area (Å²) in [6.07, 6.45) is 3.28. The number of methoxy groups -OCH3 is 1. The predicted molar refractivity (Wildman–Crippen MR) is 96.0 cm³/mol. The van der Waals surface area contributed by atoms with Crippen molar-refractivity contribution < 1.29 is 14.6 Å². The summed E-state index contributed by atoms with van der Waals surface area (Å²) in [6.45, 7) is 0.616. The zero-order valence-corrected chi connectivity index (χ0v) is 15.2. The highest BCUT2D eigenvalue weighted by atomic mass is 35.5. The van der Waals surface area contributed by atoms with E-state index < -0.39 is 6.10 Å². The van der Waals surface area contributed by atoms with Crippen LogP contribution in [-0.2, 0) is 11.2 Å². The summed E-state index contributed by atoms with van der Waals surface area (Å²) in [7, 11) is 1.54. The van der Waals surface area contributed by atoms with Gasteiger partial charge in [-0.15, -0.1) is 0 Å². The van der Waals surface area contributed by atoms with Crippen molar-refractivity contribution >= 4 is 29.1 Å². The summed E-state index contributed by atoms with van der Waals surface area (Å²) >= 11 is 11.9. The van der Waals surface area contributed by atoms with Gasteiger partial charge in [-0.2, -0.15) is 0 Å². The average Bonchev–Trinajstić information content (AvgIpc) is 2.57. The van der Waals surface area contributed by atoms with Gasteiger partial charge in [0.15, 0.2) is 0 Å². The molecule has 2 aromatic rings. The number of aromatic nitrogens is 1. The Labute approximate surface area is 156 Å². The van der Waals surface area contributed by atoms with Gasteiger partial charge in [-0.25, -0.2) is 0 Å². The Morgan fingerprint density at radius 3 is 2.84 bits per heavy atom. The Morgan fingerprint density at radius 1 is 1.40 bits per heavy atom. The van der Waals surface area contributed by atoms with Crippen LogP contribution in [0.1, 0.15) is 23.7 Å². The van der Waals surface area contributed by atoms with Crippen molar-refractivity contribution in [3.63, 3.8) is 0 Å². The predicted octanol–water partition coefficient (Wildman–Crippen LogP) is 3.27. The van der Waals surface area contributed by atoms with Crippen LogP contribution >= 0.6 is 23.2 Å². The summed E-state index contributed by atoms with van der Waals surface area (Å²) in [6, 6.07) is 6.56. The van der Waals surface area contributed by atoms with E-state index in [0.29, 0.717) is 27.9 Å². The van der Waals surface area contributed by atoms with Crippen LogP contribution in [0.15, 0.2) is 36.7 Å². The molecule has 2 heterocycles. The maximum Gasteiger partial charge on any atom is 0.227 e. The zero-order valence-electron chi connectivity index (χ0n) is 13.7. The molecule has 1 aliphatic rings. The lowest BCUT2D eigenvalue weighted by atomic mass is 9.91. The second-order valence-electron chi connectivity index (χ2n) is 5.93. The quantitative estimate of drug-likeness (QED) is 0.864. The molecule has 0 spiro atoms. The molecule has 3 rings (SSSR count). The third-order valence-electron chi connectivity index (χ3n) is 4.44. The lowest BCUT2D eigenvalue weighted by Crippen LogP contribution is -2.54. The first-order valence-corrected chi connectivity index (χ1v) is 8.66. The fourth-order valence-corrected chi connectivity index (χ4v) is 3.30. The van der Waals surface area contributed by atoms with Crippen LogP contribution in [-0.4, -0.2) is 40.6 Å². The minimum atomic E-state index is -0.838. The monoisotopic (exact) mass is 380 g/mol. The second-order valence-corrected chi connectivity index (χ2v) is 6.75. The molecule has 1 aliphatic heterocycles. The first-order chi connectivity index (χ1) is 12.0. The van der Waals surface area contributed by atoms with Crippen molar-refractivity contribution in [2.75, 3.05) is 13.7 Å². The number of nitrogens with zero attached hydrogens (tertiary/aromatic N) is 2. The highest BCUT2D eigenvalue weighted by Crippen LogP contribution is 2.34. The van der Waals surface area contributed by atoms with Crippen molar-refractivity contribution in [2.45, 2.75) is 25.0 Å². The van der Waals surface area contributed by atoms with Crippen molar-refractivity contribution in [3.8, 4) is 5.75 Å². The number of hydrogen-bond donors (Lipinski definition) is 1. The number of hydrogen-bond acceptors (Lipinski definition) is 4. The SMILES string of the molecule is COc1ccncc1C(O)C1CCN1C(=O)Cc1ccc(Cl)c(Cl)c1. The first kappa shape index (κ1) is 18.0. The van der Waals surface area contributed by atoms with E-state index in [1.807, 2.05) is 0 Å². The highest BCUT2D eigenvalue weighted by Gasteiger charge is 2.38. The van der Waals surface area contributed by atoms with Crippen molar-refractivity contribution in [1.82, 2.24) is 9.88 Å². The number of halogens is 2. The molecule has 7 heteroatoms. The third kappa shape index (κ3) is 3.73. The first-order valence-electron chi connectivity index (χ1n) is 7.90. The summed E-state index contributed by atoms with van der Waals surface area (Å²) in [5.74, 6) is 0.503. The van der Waals surface area contributed by atoms with Gasteiger partial charge in [-0.1, -0.05) is 29.3 Å². The maximum absolute atomic E-state index is 12.6. The second kappa shape index (κ2) is 7.60. The molecular formula is C18H18Cl2N2O3. The van der Waals surface area contributed by atoms with Crippen LogP contribution in [0, 0.1) is 0 Å². The van der Waals surface area contributed by atoms with E-state index in [9.17, 15) is 9.90 Å². The van der Waals surface area contributed by atoms with Crippen LogP contribution in [0.3, 0.4) is 0 Å². The molecule has 2 atom stereocenters. The lowest BCUT2D eigenvalue weighted by Gasteiger charge is -2.44. The summed E-state index contributed by atoms with van der Waals surface area (Å²) < 4.78 is 5.27. The van der Waals surface area contributed by atoms with E-state index in [2.05, 4.69) is 4.98 Å². The van der Waals surface area contributed by atoms with Gasteiger partial charge in [-0.05, 0) is 30.2 Å². The largest absolute Gasteiger partial charge is 0.496 e. The minimum Gasteiger partial charge on any atom is -0.496 e. The van der Waals surface area contributed by atoms with E-state index in [1.54, 1.807) is 48.7 Å². The number of benzene rings is 1.